The summed E-state index contributed by atoms with van der Waals surface area (Å²) in [6.07, 6.45) is 1.05. The lowest BCUT2D eigenvalue weighted by molar-refractivity contribution is 0.545. The van der Waals surface area contributed by atoms with Crippen molar-refractivity contribution in [2.45, 2.75) is 0 Å². The van der Waals surface area contributed by atoms with E-state index in [-0.39, 0.29) is 22.9 Å². The monoisotopic (exact) mass is 306 g/mol. The highest BCUT2D eigenvalue weighted by Gasteiger charge is 2.05. The number of aromatic nitrogens is 8. The molecular formula is C10H8F2N10. The molecule has 0 spiro atoms. The molecule has 6 N–H and O–H groups in total. The van der Waals surface area contributed by atoms with Crippen LogP contribution in [0.5, 0.6) is 0 Å². The molecule has 4 aromatic rings. The topological polar surface area (TPSA) is 161 Å². The number of H-pyrrole nitrogens is 2. The maximum atomic E-state index is 12.4. The molecule has 4 rings (SSSR count). The van der Waals surface area contributed by atoms with E-state index in [1.54, 1.807) is 0 Å². The Morgan fingerprint density at radius 2 is 1.14 bits per heavy atom. The Morgan fingerprint density at radius 3 is 1.55 bits per heavy atom. The number of anilines is 2. The van der Waals surface area contributed by atoms with Gasteiger partial charge in [0.2, 0.25) is 0 Å². The van der Waals surface area contributed by atoms with Gasteiger partial charge >= 0.3 is 12.2 Å². The highest BCUT2D eigenvalue weighted by Crippen LogP contribution is 2.12. The van der Waals surface area contributed by atoms with E-state index in [1.807, 2.05) is 0 Å². The van der Waals surface area contributed by atoms with E-state index < -0.39 is 12.2 Å². The summed E-state index contributed by atoms with van der Waals surface area (Å²) in [6.45, 7) is 0. The number of nitrogen functional groups attached to an aromatic ring is 2. The van der Waals surface area contributed by atoms with Crippen LogP contribution in [0.1, 0.15) is 0 Å². The molecule has 112 valence electrons. The van der Waals surface area contributed by atoms with E-state index in [4.69, 9.17) is 11.5 Å². The number of imidazole rings is 2. The zero-order chi connectivity index (χ0) is 15.7. The summed E-state index contributed by atoms with van der Waals surface area (Å²) in [5.41, 5.74) is 12.1. The standard InChI is InChI=1S/2C5H4FN5/c2*6-5-10-3(7)2-4(11-5)9-1-8-2/h2*1H,(H3,7,8,9,10,11). The Kier molecular flexibility index (Phi) is 3.17. The van der Waals surface area contributed by atoms with E-state index in [0.717, 1.165) is 0 Å². The summed E-state index contributed by atoms with van der Waals surface area (Å²) in [6, 6.07) is 0. The van der Waals surface area contributed by atoms with Crippen LogP contribution in [-0.2, 0) is 0 Å². The smallest absolute Gasteiger partial charge is 0.312 e. The van der Waals surface area contributed by atoms with Gasteiger partial charge in [-0.1, -0.05) is 0 Å². The SMILES string of the molecule is Nc1nc(F)nc2nc[nH]c12.Nc1nc(F)nc2nc[nH]c12. The fourth-order valence-electron chi connectivity index (χ4n) is 1.66. The summed E-state index contributed by atoms with van der Waals surface area (Å²) < 4.78 is 24.8. The molecule has 4 aromatic heterocycles. The Balaban J connectivity index is 0.000000131. The molecule has 0 aliphatic carbocycles. The van der Waals surface area contributed by atoms with Crippen LogP contribution in [0.2, 0.25) is 0 Å². The first kappa shape index (κ1) is 13.5. The third-order valence-corrected chi connectivity index (χ3v) is 2.57. The second kappa shape index (κ2) is 5.16. The number of fused-ring (bicyclic) bond motifs is 2. The molecular weight excluding hydrogens is 298 g/mol. The van der Waals surface area contributed by atoms with Gasteiger partial charge in [-0.25, -0.2) is 9.97 Å². The van der Waals surface area contributed by atoms with Gasteiger partial charge in [0, 0.05) is 0 Å². The molecule has 4 heterocycles. The number of nitrogens with two attached hydrogens (primary N) is 2. The lowest BCUT2D eigenvalue weighted by Gasteiger charge is -1.91. The van der Waals surface area contributed by atoms with Crippen molar-refractivity contribution < 1.29 is 8.78 Å². The van der Waals surface area contributed by atoms with Crippen LogP contribution in [0, 0.1) is 12.2 Å². The summed E-state index contributed by atoms with van der Waals surface area (Å²) in [5, 5.41) is 0. The van der Waals surface area contributed by atoms with Crippen molar-refractivity contribution in [3.63, 3.8) is 0 Å². The first-order valence-electron chi connectivity index (χ1n) is 5.79. The highest BCUT2D eigenvalue weighted by molar-refractivity contribution is 5.80. The minimum Gasteiger partial charge on any atom is -0.382 e. The van der Waals surface area contributed by atoms with Crippen LogP contribution in [0.4, 0.5) is 20.4 Å². The quantitative estimate of drug-likeness (QED) is 0.334. The molecule has 0 aliphatic rings. The molecule has 12 heteroatoms. The summed E-state index contributed by atoms with van der Waals surface area (Å²) in [7, 11) is 0. The average Bonchev–Trinajstić information content (AvgIpc) is 3.07. The van der Waals surface area contributed by atoms with Gasteiger partial charge in [-0.2, -0.15) is 28.7 Å². The van der Waals surface area contributed by atoms with E-state index in [1.165, 1.54) is 12.7 Å². The largest absolute Gasteiger partial charge is 0.382 e. The van der Waals surface area contributed by atoms with Crippen LogP contribution in [-0.4, -0.2) is 39.9 Å². The number of nitrogens with one attached hydrogen (secondary N) is 2. The average molecular weight is 306 g/mol. The van der Waals surface area contributed by atoms with E-state index in [9.17, 15) is 8.78 Å². The maximum Gasteiger partial charge on any atom is 0.312 e. The molecule has 22 heavy (non-hydrogen) atoms. The number of rotatable bonds is 0. The van der Waals surface area contributed by atoms with Crippen molar-refractivity contribution in [2.24, 2.45) is 0 Å². The molecule has 0 aliphatic heterocycles. The van der Waals surface area contributed by atoms with Crippen molar-refractivity contribution in [1.82, 2.24) is 39.9 Å². The van der Waals surface area contributed by atoms with Gasteiger partial charge in [-0.15, -0.1) is 0 Å². The summed E-state index contributed by atoms with van der Waals surface area (Å²) in [4.78, 5) is 26.2. The zero-order valence-electron chi connectivity index (χ0n) is 10.7. The lowest BCUT2D eigenvalue weighted by atomic mass is 10.5. The molecule has 10 nitrogen and oxygen atoms in total. The van der Waals surface area contributed by atoms with E-state index in [2.05, 4.69) is 39.9 Å². The van der Waals surface area contributed by atoms with Crippen LogP contribution >= 0.6 is 0 Å². The molecule has 0 saturated carbocycles. The van der Waals surface area contributed by atoms with Gasteiger partial charge in [0.1, 0.15) is 11.0 Å². The Labute approximate surface area is 120 Å². The molecule has 0 bridgehead atoms. The van der Waals surface area contributed by atoms with Crippen LogP contribution in [0.25, 0.3) is 22.3 Å². The zero-order valence-corrected chi connectivity index (χ0v) is 10.7. The Hall–Kier alpha value is -3.44. The number of hydrogen-bond donors (Lipinski definition) is 4. The van der Waals surface area contributed by atoms with Gasteiger partial charge in [-0.05, 0) is 0 Å². The molecule has 0 saturated heterocycles. The third-order valence-electron chi connectivity index (χ3n) is 2.57. The lowest BCUT2D eigenvalue weighted by Crippen LogP contribution is -1.97. The van der Waals surface area contributed by atoms with Gasteiger partial charge in [0.05, 0.1) is 12.7 Å². The van der Waals surface area contributed by atoms with Crippen LogP contribution in [0.15, 0.2) is 12.7 Å². The van der Waals surface area contributed by atoms with E-state index >= 15 is 0 Å². The van der Waals surface area contributed by atoms with Crippen molar-refractivity contribution in [3.05, 3.63) is 24.8 Å². The van der Waals surface area contributed by atoms with Crippen molar-refractivity contribution in [2.75, 3.05) is 11.5 Å². The molecule has 0 aromatic carbocycles. The minimum absolute atomic E-state index is 0.0741. The second-order valence-corrected chi connectivity index (χ2v) is 3.96. The molecule has 0 fully saturated rings. The molecule has 0 amide bonds. The highest BCUT2D eigenvalue weighted by atomic mass is 19.1. The van der Waals surface area contributed by atoms with Crippen molar-refractivity contribution >= 4 is 34.0 Å². The summed E-state index contributed by atoms with van der Waals surface area (Å²) >= 11 is 0. The molecule has 0 unspecified atom stereocenters. The van der Waals surface area contributed by atoms with Gasteiger partial charge in [0.15, 0.2) is 22.9 Å². The molecule has 0 atom stereocenters. The second-order valence-electron chi connectivity index (χ2n) is 3.96. The predicted octanol–water partition coefficient (Wildman–Crippen LogP) is 0.148. The van der Waals surface area contributed by atoms with Crippen molar-refractivity contribution in [3.8, 4) is 0 Å². The van der Waals surface area contributed by atoms with Crippen LogP contribution in [0.3, 0.4) is 0 Å². The Bertz CT molecular complexity index is 867. The normalized spacial score (nSPS) is 10.6. The van der Waals surface area contributed by atoms with Crippen molar-refractivity contribution in [1.29, 1.82) is 0 Å². The first-order chi connectivity index (χ1) is 10.5. The van der Waals surface area contributed by atoms with Gasteiger partial charge in [-0.3, -0.25) is 0 Å². The first-order valence-corrected chi connectivity index (χ1v) is 5.79. The fraction of sp³-hybridized carbons (Fsp3) is 0. The summed E-state index contributed by atoms with van der Waals surface area (Å²) in [5.74, 6) is 0.148. The molecule has 0 radical (unpaired) electrons. The van der Waals surface area contributed by atoms with Gasteiger partial charge in [0.25, 0.3) is 0 Å². The van der Waals surface area contributed by atoms with Gasteiger partial charge < -0.3 is 21.4 Å². The maximum absolute atomic E-state index is 12.4. The third kappa shape index (κ3) is 2.44. The number of aromatic amines is 2. The number of hydrogen-bond acceptors (Lipinski definition) is 8. The van der Waals surface area contributed by atoms with E-state index in [0.29, 0.717) is 11.0 Å². The number of halogens is 2. The number of nitrogens with zero attached hydrogens (tertiary/aromatic N) is 6. The predicted molar refractivity (Wildman–Crippen MR) is 72.1 cm³/mol. The van der Waals surface area contributed by atoms with Crippen LogP contribution < -0.4 is 11.5 Å². The minimum atomic E-state index is -0.859. The Morgan fingerprint density at radius 1 is 0.727 bits per heavy atom. The fourth-order valence-corrected chi connectivity index (χ4v) is 1.66.